The van der Waals surface area contributed by atoms with Gasteiger partial charge in [0, 0.05) is 43.9 Å². The largest absolute Gasteiger partial charge is 0.508 e. The van der Waals surface area contributed by atoms with Gasteiger partial charge in [-0.15, -0.1) is 0 Å². The molecule has 0 radical (unpaired) electrons. The number of carbonyl (C=O) groups excluding carboxylic acids is 1. The van der Waals surface area contributed by atoms with Gasteiger partial charge in [-0.05, 0) is 25.0 Å². The summed E-state index contributed by atoms with van der Waals surface area (Å²) in [5.41, 5.74) is 0.349. The summed E-state index contributed by atoms with van der Waals surface area (Å²) in [4.78, 5) is 16.7. The highest BCUT2D eigenvalue weighted by Gasteiger charge is 2.28. The molecule has 3 rings (SSSR count). The van der Waals surface area contributed by atoms with Crippen molar-refractivity contribution >= 4 is 5.91 Å². The number of rotatable bonds is 2. The van der Waals surface area contributed by atoms with Crippen LogP contribution in [0.5, 0.6) is 11.5 Å². The highest BCUT2D eigenvalue weighted by Crippen LogP contribution is 2.25. The lowest BCUT2D eigenvalue weighted by Crippen LogP contribution is -2.51. The van der Waals surface area contributed by atoms with Crippen LogP contribution in [0.1, 0.15) is 36.0 Å². The maximum absolute atomic E-state index is 12.4. The summed E-state index contributed by atoms with van der Waals surface area (Å²) in [5, 5.41) is 19.0. The Bertz CT molecular complexity index is 498. The van der Waals surface area contributed by atoms with Gasteiger partial charge in [-0.2, -0.15) is 0 Å². The van der Waals surface area contributed by atoms with Gasteiger partial charge in [0.05, 0.1) is 0 Å². The number of amides is 1. The van der Waals surface area contributed by atoms with Crippen LogP contribution in [0, 0.1) is 0 Å². The number of hydrogen-bond donors (Lipinski definition) is 2. The average molecular weight is 290 g/mol. The van der Waals surface area contributed by atoms with Crippen molar-refractivity contribution in [2.45, 2.75) is 31.7 Å². The molecule has 2 fully saturated rings. The van der Waals surface area contributed by atoms with Crippen LogP contribution in [-0.4, -0.2) is 58.1 Å². The maximum Gasteiger partial charge on any atom is 0.254 e. The fraction of sp³-hybridized carbons (Fsp3) is 0.562. The Labute approximate surface area is 124 Å². The van der Waals surface area contributed by atoms with E-state index in [0.29, 0.717) is 24.7 Å². The molecule has 1 aliphatic carbocycles. The van der Waals surface area contributed by atoms with Gasteiger partial charge >= 0.3 is 0 Å². The Morgan fingerprint density at radius 2 is 1.52 bits per heavy atom. The normalized spacial score (nSPS) is 20.9. The van der Waals surface area contributed by atoms with Gasteiger partial charge in [-0.3, -0.25) is 9.69 Å². The summed E-state index contributed by atoms with van der Waals surface area (Å²) in [7, 11) is 0. The average Bonchev–Trinajstić information content (AvgIpc) is 3.00. The van der Waals surface area contributed by atoms with Crippen molar-refractivity contribution in [1.82, 2.24) is 9.80 Å². The SMILES string of the molecule is O=C(c1cc(O)cc(O)c1)N1CCN(C2CCCC2)CC1. The second kappa shape index (κ2) is 5.93. The quantitative estimate of drug-likeness (QED) is 0.872. The van der Waals surface area contributed by atoms with Gasteiger partial charge in [0.2, 0.25) is 0 Å². The second-order valence-corrected chi connectivity index (χ2v) is 6.00. The third kappa shape index (κ3) is 3.13. The van der Waals surface area contributed by atoms with Gasteiger partial charge in [0.15, 0.2) is 0 Å². The zero-order valence-corrected chi connectivity index (χ0v) is 12.2. The third-order valence-electron chi connectivity index (χ3n) is 4.59. The van der Waals surface area contributed by atoms with Crippen LogP contribution in [0.3, 0.4) is 0 Å². The van der Waals surface area contributed by atoms with Gasteiger partial charge in [0.1, 0.15) is 11.5 Å². The van der Waals surface area contributed by atoms with E-state index in [0.717, 1.165) is 13.1 Å². The van der Waals surface area contributed by atoms with E-state index >= 15 is 0 Å². The monoisotopic (exact) mass is 290 g/mol. The van der Waals surface area contributed by atoms with Crippen molar-refractivity contribution in [2.24, 2.45) is 0 Å². The standard InChI is InChI=1S/C16H22N2O3/c19-14-9-12(10-15(20)11-14)16(21)18-7-5-17(6-8-18)13-3-1-2-4-13/h9-11,13,19-20H,1-8H2. The van der Waals surface area contributed by atoms with E-state index in [1.807, 2.05) is 0 Å². The topological polar surface area (TPSA) is 64.0 Å². The molecule has 1 aromatic carbocycles. The van der Waals surface area contributed by atoms with Crippen LogP contribution < -0.4 is 0 Å². The zero-order valence-electron chi connectivity index (χ0n) is 12.2. The van der Waals surface area contributed by atoms with Crippen molar-refractivity contribution in [3.63, 3.8) is 0 Å². The van der Waals surface area contributed by atoms with Crippen LogP contribution >= 0.6 is 0 Å². The summed E-state index contributed by atoms with van der Waals surface area (Å²) in [6, 6.07) is 4.75. The first-order chi connectivity index (χ1) is 10.1. The van der Waals surface area contributed by atoms with Crippen LogP contribution in [0.25, 0.3) is 0 Å². The lowest BCUT2D eigenvalue weighted by Gasteiger charge is -2.38. The summed E-state index contributed by atoms with van der Waals surface area (Å²) in [6.45, 7) is 3.26. The van der Waals surface area contributed by atoms with Crippen molar-refractivity contribution in [3.05, 3.63) is 23.8 Å². The number of hydrogen-bond acceptors (Lipinski definition) is 4. The molecule has 114 valence electrons. The number of carbonyl (C=O) groups is 1. The highest BCUT2D eigenvalue weighted by atomic mass is 16.3. The van der Waals surface area contributed by atoms with Crippen molar-refractivity contribution < 1.29 is 15.0 Å². The minimum atomic E-state index is -0.118. The van der Waals surface area contributed by atoms with E-state index in [2.05, 4.69) is 4.90 Å². The van der Waals surface area contributed by atoms with Crippen LogP contribution in [0.15, 0.2) is 18.2 Å². The van der Waals surface area contributed by atoms with Crippen molar-refractivity contribution in [2.75, 3.05) is 26.2 Å². The van der Waals surface area contributed by atoms with Gasteiger partial charge in [-0.25, -0.2) is 0 Å². The number of phenolic OH excluding ortho intramolecular Hbond substituents is 2. The molecule has 1 saturated carbocycles. The lowest BCUT2D eigenvalue weighted by atomic mass is 10.1. The molecule has 2 aliphatic rings. The smallest absolute Gasteiger partial charge is 0.254 e. The number of piperazine rings is 1. The van der Waals surface area contributed by atoms with Gasteiger partial charge in [0.25, 0.3) is 5.91 Å². The number of nitrogens with zero attached hydrogens (tertiary/aromatic N) is 2. The fourth-order valence-electron chi connectivity index (χ4n) is 3.46. The predicted molar refractivity (Wildman–Crippen MR) is 79.5 cm³/mol. The Balaban J connectivity index is 1.62. The van der Waals surface area contributed by atoms with Gasteiger partial charge in [-0.1, -0.05) is 12.8 Å². The molecule has 2 N–H and O–H groups in total. The molecule has 1 heterocycles. The molecule has 21 heavy (non-hydrogen) atoms. The molecule has 0 aromatic heterocycles. The number of aromatic hydroxyl groups is 2. The first kappa shape index (κ1) is 14.2. The molecular formula is C16H22N2O3. The molecular weight excluding hydrogens is 268 g/mol. The molecule has 1 aromatic rings. The minimum Gasteiger partial charge on any atom is -0.508 e. The van der Waals surface area contributed by atoms with Gasteiger partial charge < -0.3 is 15.1 Å². The highest BCUT2D eigenvalue weighted by molar-refractivity contribution is 5.95. The van der Waals surface area contributed by atoms with Crippen LogP contribution in [0.2, 0.25) is 0 Å². The lowest BCUT2D eigenvalue weighted by molar-refractivity contribution is 0.0572. The van der Waals surface area contributed by atoms with E-state index in [-0.39, 0.29) is 17.4 Å². The Kier molecular flexibility index (Phi) is 4.01. The first-order valence-electron chi connectivity index (χ1n) is 7.70. The molecule has 1 amide bonds. The second-order valence-electron chi connectivity index (χ2n) is 6.00. The molecule has 0 spiro atoms. The molecule has 0 unspecified atom stereocenters. The Hall–Kier alpha value is -1.75. The summed E-state index contributed by atoms with van der Waals surface area (Å²) >= 11 is 0. The molecule has 1 saturated heterocycles. The van der Waals surface area contributed by atoms with E-state index < -0.39 is 0 Å². The number of benzene rings is 1. The van der Waals surface area contributed by atoms with Crippen molar-refractivity contribution in [1.29, 1.82) is 0 Å². The zero-order chi connectivity index (χ0) is 14.8. The van der Waals surface area contributed by atoms with Crippen LogP contribution in [-0.2, 0) is 0 Å². The van der Waals surface area contributed by atoms with Crippen molar-refractivity contribution in [3.8, 4) is 11.5 Å². The van der Waals surface area contributed by atoms with E-state index in [4.69, 9.17) is 0 Å². The van der Waals surface area contributed by atoms with E-state index in [1.165, 1.54) is 43.9 Å². The molecule has 0 atom stereocenters. The first-order valence-corrected chi connectivity index (χ1v) is 7.70. The summed E-state index contributed by atoms with van der Waals surface area (Å²) in [6.07, 6.45) is 5.22. The molecule has 0 bridgehead atoms. The predicted octanol–water partition coefficient (Wildman–Crippen LogP) is 1.80. The van der Waals surface area contributed by atoms with E-state index in [9.17, 15) is 15.0 Å². The molecule has 1 aliphatic heterocycles. The fourth-order valence-corrected chi connectivity index (χ4v) is 3.46. The molecule has 5 heteroatoms. The van der Waals surface area contributed by atoms with E-state index in [1.54, 1.807) is 4.90 Å². The summed E-state index contributed by atoms with van der Waals surface area (Å²) < 4.78 is 0. The van der Waals surface area contributed by atoms with Crippen LogP contribution in [0.4, 0.5) is 0 Å². The maximum atomic E-state index is 12.4. The Morgan fingerprint density at radius 3 is 2.10 bits per heavy atom. The summed E-state index contributed by atoms with van der Waals surface area (Å²) in [5.74, 6) is -0.279. The Morgan fingerprint density at radius 1 is 0.952 bits per heavy atom. The molecule has 5 nitrogen and oxygen atoms in total. The number of phenols is 2. The third-order valence-corrected chi connectivity index (χ3v) is 4.59. The minimum absolute atomic E-state index is 0.0806.